The van der Waals surface area contributed by atoms with Crippen LogP contribution in [0.1, 0.15) is 18.4 Å². The molecule has 1 fully saturated rings. The van der Waals surface area contributed by atoms with E-state index in [-0.39, 0.29) is 17.6 Å². The number of piperidine rings is 1. The predicted molar refractivity (Wildman–Crippen MR) is 126 cm³/mol. The smallest absolute Gasteiger partial charge is 0.223 e. The van der Waals surface area contributed by atoms with Crippen molar-refractivity contribution < 1.29 is 13.2 Å². The summed E-state index contributed by atoms with van der Waals surface area (Å²) in [6, 6.07) is 14.9. The van der Waals surface area contributed by atoms with Crippen LogP contribution in [0.2, 0.25) is 5.02 Å². The van der Waals surface area contributed by atoms with Crippen molar-refractivity contribution in [2.45, 2.75) is 23.5 Å². The Labute approximate surface area is 195 Å². The van der Waals surface area contributed by atoms with E-state index < -0.39 is 10.0 Å². The molecule has 1 N–H and O–H groups in total. The van der Waals surface area contributed by atoms with E-state index in [1.807, 2.05) is 48.5 Å². The lowest BCUT2D eigenvalue weighted by atomic mass is 9.97. The molecule has 0 unspecified atom stereocenters. The van der Waals surface area contributed by atoms with E-state index in [4.69, 9.17) is 11.6 Å². The summed E-state index contributed by atoms with van der Waals surface area (Å²) in [5.41, 5.74) is 0.752. The fraction of sp³-hybridized carbons (Fsp3) is 0.381. The molecule has 5 nitrogen and oxygen atoms in total. The lowest BCUT2D eigenvalue weighted by Crippen LogP contribution is -2.43. The molecule has 2 aromatic carbocycles. The zero-order valence-electron chi connectivity index (χ0n) is 16.4. The number of amides is 1. The molecule has 0 radical (unpaired) electrons. The Hall–Kier alpha value is -1.06. The molecule has 0 spiro atoms. The highest BCUT2D eigenvalue weighted by Gasteiger charge is 2.31. The summed E-state index contributed by atoms with van der Waals surface area (Å²) in [7, 11) is -3.39. The fourth-order valence-corrected chi connectivity index (χ4v) is 6.23. The highest BCUT2D eigenvalue weighted by molar-refractivity contribution is 9.10. The lowest BCUT2D eigenvalue weighted by molar-refractivity contribution is -0.125. The van der Waals surface area contributed by atoms with Gasteiger partial charge >= 0.3 is 0 Å². The molecule has 1 aliphatic heterocycles. The number of nitrogens with one attached hydrogen (secondary N) is 1. The molecule has 9 heteroatoms. The van der Waals surface area contributed by atoms with Crippen molar-refractivity contribution in [1.29, 1.82) is 0 Å². The van der Waals surface area contributed by atoms with Gasteiger partial charge in [-0.05, 0) is 54.8 Å². The van der Waals surface area contributed by atoms with E-state index in [9.17, 15) is 13.2 Å². The Morgan fingerprint density at radius 2 is 1.87 bits per heavy atom. The SMILES string of the molecule is O=C(NCCSc1ccc(Cl)cc1)C1CCN(S(=O)(=O)Cc2cccc(Br)c2)CC1. The van der Waals surface area contributed by atoms with Gasteiger partial charge in [-0.3, -0.25) is 4.79 Å². The third kappa shape index (κ3) is 6.99. The van der Waals surface area contributed by atoms with E-state index in [1.54, 1.807) is 11.8 Å². The van der Waals surface area contributed by atoms with Crippen LogP contribution < -0.4 is 5.32 Å². The normalized spacial score (nSPS) is 15.8. The first-order valence-corrected chi connectivity index (χ1v) is 13.5. The van der Waals surface area contributed by atoms with Crippen LogP contribution in [0.4, 0.5) is 0 Å². The van der Waals surface area contributed by atoms with E-state index >= 15 is 0 Å². The average molecular weight is 532 g/mol. The summed E-state index contributed by atoms with van der Waals surface area (Å²) in [4.78, 5) is 13.5. The Morgan fingerprint density at radius 3 is 2.53 bits per heavy atom. The quantitative estimate of drug-likeness (QED) is 0.401. The van der Waals surface area contributed by atoms with E-state index in [0.717, 1.165) is 20.7 Å². The molecule has 0 aromatic heterocycles. The molecule has 162 valence electrons. The third-order valence-corrected chi connectivity index (χ3v) is 8.55. The second-order valence-electron chi connectivity index (χ2n) is 7.15. The summed E-state index contributed by atoms with van der Waals surface area (Å²) >= 11 is 10.9. The van der Waals surface area contributed by atoms with Crippen molar-refractivity contribution in [2.75, 3.05) is 25.4 Å². The lowest BCUT2D eigenvalue weighted by Gasteiger charge is -2.30. The number of hydrogen-bond acceptors (Lipinski definition) is 4. The molecule has 0 atom stereocenters. The molecule has 1 amide bonds. The van der Waals surface area contributed by atoms with E-state index in [1.165, 1.54) is 4.31 Å². The third-order valence-electron chi connectivity index (χ3n) is 4.94. The Balaban J connectivity index is 1.40. The molecule has 2 aromatic rings. The number of carbonyl (C=O) groups is 1. The van der Waals surface area contributed by atoms with Gasteiger partial charge in [0.2, 0.25) is 15.9 Å². The first-order chi connectivity index (χ1) is 14.3. The Kier molecular flexibility index (Phi) is 8.65. The number of sulfonamides is 1. The molecule has 30 heavy (non-hydrogen) atoms. The first kappa shape index (κ1) is 23.6. The average Bonchev–Trinajstić information content (AvgIpc) is 2.72. The van der Waals surface area contributed by atoms with Gasteiger partial charge in [0.05, 0.1) is 5.75 Å². The Morgan fingerprint density at radius 1 is 1.17 bits per heavy atom. The molecular formula is C21H24BrClN2O3S2. The minimum atomic E-state index is -3.39. The minimum Gasteiger partial charge on any atom is -0.355 e. The molecule has 1 heterocycles. The van der Waals surface area contributed by atoms with Gasteiger partial charge in [0, 0.05) is 45.7 Å². The van der Waals surface area contributed by atoms with Crippen molar-refractivity contribution in [3.05, 3.63) is 63.6 Å². The van der Waals surface area contributed by atoms with Crippen LogP contribution in [-0.4, -0.2) is 44.0 Å². The maximum absolute atomic E-state index is 12.7. The van der Waals surface area contributed by atoms with Crippen molar-refractivity contribution in [3.63, 3.8) is 0 Å². The largest absolute Gasteiger partial charge is 0.355 e. The van der Waals surface area contributed by atoms with Crippen molar-refractivity contribution in [3.8, 4) is 0 Å². The molecule has 0 saturated carbocycles. The number of carbonyl (C=O) groups excluding carboxylic acids is 1. The number of hydrogen-bond donors (Lipinski definition) is 1. The van der Waals surface area contributed by atoms with Crippen LogP contribution in [0.5, 0.6) is 0 Å². The van der Waals surface area contributed by atoms with Gasteiger partial charge in [-0.25, -0.2) is 12.7 Å². The number of nitrogens with zero attached hydrogens (tertiary/aromatic N) is 1. The van der Waals surface area contributed by atoms with Crippen LogP contribution in [0.3, 0.4) is 0 Å². The maximum Gasteiger partial charge on any atom is 0.223 e. The van der Waals surface area contributed by atoms with Gasteiger partial charge in [0.25, 0.3) is 0 Å². The highest BCUT2D eigenvalue weighted by atomic mass is 79.9. The van der Waals surface area contributed by atoms with Gasteiger partial charge in [-0.1, -0.05) is 39.7 Å². The van der Waals surface area contributed by atoms with Crippen LogP contribution in [0.25, 0.3) is 0 Å². The van der Waals surface area contributed by atoms with Crippen LogP contribution in [-0.2, 0) is 20.6 Å². The maximum atomic E-state index is 12.7. The number of halogens is 2. The monoisotopic (exact) mass is 530 g/mol. The zero-order chi connectivity index (χ0) is 21.6. The summed E-state index contributed by atoms with van der Waals surface area (Å²) in [6.45, 7) is 1.34. The summed E-state index contributed by atoms with van der Waals surface area (Å²) in [6.07, 6.45) is 1.10. The number of thioether (sulfide) groups is 1. The van der Waals surface area contributed by atoms with E-state index in [0.29, 0.717) is 37.5 Å². The topological polar surface area (TPSA) is 66.5 Å². The van der Waals surface area contributed by atoms with Crippen LogP contribution in [0, 0.1) is 5.92 Å². The molecule has 0 bridgehead atoms. The predicted octanol–water partition coefficient (Wildman–Crippen LogP) is 4.55. The van der Waals surface area contributed by atoms with Gasteiger partial charge in [0.15, 0.2) is 0 Å². The standard InChI is InChI=1S/C21H24BrClN2O3S2/c22-18-3-1-2-16(14-18)15-30(27,28)25-11-8-17(9-12-25)21(26)24-10-13-29-20-6-4-19(23)5-7-20/h1-7,14,17H,8-13,15H2,(H,24,26). The summed E-state index contributed by atoms with van der Waals surface area (Å²) < 4.78 is 27.8. The highest BCUT2D eigenvalue weighted by Crippen LogP contribution is 2.23. The van der Waals surface area contributed by atoms with Gasteiger partial charge in [-0.2, -0.15) is 0 Å². The van der Waals surface area contributed by atoms with Gasteiger partial charge < -0.3 is 5.32 Å². The summed E-state index contributed by atoms with van der Waals surface area (Å²) in [5, 5.41) is 3.68. The minimum absolute atomic E-state index is 0.00995. The van der Waals surface area contributed by atoms with Crippen molar-refractivity contribution >= 4 is 55.2 Å². The number of rotatable bonds is 8. The van der Waals surface area contributed by atoms with Crippen LogP contribution in [0.15, 0.2) is 57.9 Å². The second kappa shape index (κ2) is 11.0. The Bertz CT molecular complexity index is 962. The summed E-state index contributed by atoms with van der Waals surface area (Å²) in [5.74, 6) is 0.622. The fourth-order valence-electron chi connectivity index (χ4n) is 3.34. The van der Waals surface area contributed by atoms with Gasteiger partial charge in [-0.15, -0.1) is 11.8 Å². The molecule has 0 aliphatic carbocycles. The molecular weight excluding hydrogens is 508 g/mol. The van der Waals surface area contributed by atoms with E-state index in [2.05, 4.69) is 21.2 Å². The second-order valence-corrected chi connectivity index (χ2v) is 11.6. The zero-order valence-corrected chi connectivity index (χ0v) is 20.4. The molecule has 3 rings (SSSR count). The van der Waals surface area contributed by atoms with Crippen LogP contribution >= 0.6 is 39.3 Å². The van der Waals surface area contributed by atoms with Gasteiger partial charge in [0.1, 0.15) is 0 Å². The number of benzene rings is 2. The van der Waals surface area contributed by atoms with Crippen molar-refractivity contribution in [2.24, 2.45) is 5.92 Å². The molecule has 1 saturated heterocycles. The first-order valence-electron chi connectivity index (χ1n) is 9.72. The van der Waals surface area contributed by atoms with Crippen molar-refractivity contribution in [1.82, 2.24) is 9.62 Å². The molecule has 1 aliphatic rings.